The number of fused-ring (bicyclic) bond motifs is 1. The third kappa shape index (κ3) is 2.35. The number of imidazole rings is 1. The third-order valence-corrected chi connectivity index (χ3v) is 3.20. The number of nitrogens with zero attached hydrogens (tertiary/aromatic N) is 1. The number of aromatic nitrogens is 3. The predicted molar refractivity (Wildman–Crippen MR) is 78.8 cm³/mol. The van der Waals surface area contributed by atoms with Crippen molar-refractivity contribution in [1.29, 1.82) is 0 Å². The van der Waals surface area contributed by atoms with Crippen LogP contribution < -0.4 is 11.0 Å². The van der Waals surface area contributed by atoms with Gasteiger partial charge in [-0.05, 0) is 28.1 Å². The highest BCUT2D eigenvalue weighted by Crippen LogP contribution is 2.24. The molecule has 1 amide bonds. The van der Waals surface area contributed by atoms with Crippen molar-refractivity contribution in [2.24, 2.45) is 0 Å². The number of anilines is 1. The van der Waals surface area contributed by atoms with E-state index in [1.165, 1.54) is 6.20 Å². The number of H-pyrrole nitrogens is 2. The highest BCUT2D eigenvalue weighted by molar-refractivity contribution is 9.10. The van der Waals surface area contributed by atoms with Crippen molar-refractivity contribution in [2.45, 2.75) is 0 Å². The third-order valence-electron chi connectivity index (χ3n) is 2.77. The van der Waals surface area contributed by atoms with Crippen molar-refractivity contribution in [3.63, 3.8) is 0 Å². The van der Waals surface area contributed by atoms with Crippen LogP contribution in [0.5, 0.6) is 0 Å². The van der Waals surface area contributed by atoms with Gasteiger partial charge in [-0.2, -0.15) is 0 Å². The van der Waals surface area contributed by atoms with Gasteiger partial charge in [0.05, 0.1) is 11.2 Å². The van der Waals surface area contributed by atoms with E-state index in [0.29, 0.717) is 11.2 Å². The number of hydrogen-bond donors (Lipinski definition) is 3. The zero-order chi connectivity index (χ0) is 14.1. The van der Waals surface area contributed by atoms with Gasteiger partial charge in [0.25, 0.3) is 5.91 Å². The number of halogens is 1. The van der Waals surface area contributed by atoms with Gasteiger partial charge < -0.3 is 15.3 Å². The fraction of sp³-hybridized carbons (Fsp3) is 0. The van der Waals surface area contributed by atoms with Crippen LogP contribution >= 0.6 is 15.9 Å². The van der Waals surface area contributed by atoms with Gasteiger partial charge in [-0.15, -0.1) is 0 Å². The van der Waals surface area contributed by atoms with Gasteiger partial charge in [-0.1, -0.05) is 12.1 Å². The van der Waals surface area contributed by atoms with E-state index in [4.69, 9.17) is 0 Å². The minimum absolute atomic E-state index is 0.170. The molecule has 0 saturated carbocycles. The number of hydrogen-bond acceptors (Lipinski definition) is 3. The summed E-state index contributed by atoms with van der Waals surface area (Å²) in [6.45, 7) is 0. The van der Waals surface area contributed by atoms with Gasteiger partial charge in [-0.25, -0.2) is 4.79 Å². The summed E-state index contributed by atoms with van der Waals surface area (Å²) in [4.78, 5) is 32.1. The van der Waals surface area contributed by atoms with E-state index in [0.717, 1.165) is 9.86 Å². The molecule has 6 nitrogen and oxygen atoms in total. The fourth-order valence-electron chi connectivity index (χ4n) is 1.88. The van der Waals surface area contributed by atoms with Crippen LogP contribution in [0.4, 0.5) is 5.69 Å². The highest BCUT2D eigenvalue weighted by atomic mass is 79.9. The number of pyridine rings is 1. The summed E-state index contributed by atoms with van der Waals surface area (Å²) in [5.41, 5.74) is 1.02. The number of rotatable bonds is 2. The van der Waals surface area contributed by atoms with E-state index in [1.807, 2.05) is 18.2 Å². The van der Waals surface area contributed by atoms with E-state index in [9.17, 15) is 9.59 Å². The number of carbonyl (C=O) groups is 1. The summed E-state index contributed by atoms with van der Waals surface area (Å²) < 4.78 is 0.864. The summed E-state index contributed by atoms with van der Waals surface area (Å²) in [6.07, 6.45) is 2.99. The van der Waals surface area contributed by atoms with Crippen molar-refractivity contribution >= 4 is 38.4 Å². The standard InChI is InChI=1S/C13H9BrN4O2/c14-8-4-7-2-1-3-9(11(7)15-5-8)17-12(19)10-6-16-13(20)18-10/h1-6H,(H,17,19)(H2,16,18,20). The maximum atomic E-state index is 12.0. The van der Waals surface area contributed by atoms with Gasteiger partial charge >= 0.3 is 5.69 Å². The molecule has 0 bridgehead atoms. The SMILES string of the molecule is O=C(Nc1cccc2cc(Br)cnc12)c1c[nH]c(=O)[nH]1. The van der Waals surface area contributed by atoms with Gasteiger partial charge in [0, 0.05) is 22.3 Å². The van der Waals surface area contributed by atoms with Crippen LogP contribution in [0.1, 0.15) is 10.5 Å². The smallest absolute Gasteiger partial charge is 0.319 e. The van der Waals surface area contributed by atoms with Crippen molar-refractivity contribution in [1.82, 2.24) is 15.0 Å². The van der Waals surface area contributed by atoms with Crippen LogP contribution in [-0.2, 0) is 0 Å². The Labute approximate surface area is 121 Å². The monoisotopic (exact) mass is 332 g/mol. The number of amides is 1. The summed E-state index contributed by atoms with van der Waals surface area (Å²) in [7, 11) is 0. The Balaban J connectivity index is 1.98. The number of aromatic amines is 2. The van der Waals surface area contributed by atoms with Crippen LogP contribution in [0.15, 0.2) is 45.9 Å². The molecule has 0 aliphatic heterocycles. The first-order chi connectivity index (χ1) is 9.63. The second-order valence-corrected chi connectivity index (χ2v) is 5.06. The van der Waals surface area contributed by atoms with Gasteiger partial charge in [0.1, 0.15) is 5.69 Å². The lowest BCUT2D eigenvalue weighted by atomic mass is 10.2. The van der Waals surface area contributed by atoms with Gasteiger partial charge in [0.15, 0.2) is 0 Å². The maximum absolute atomic E-state index is 12.0. The summed E-state index contributed by atoms with van der Waals surface area (Å²) >= 11 is 3.35. The van der Waals surface area contributed by atoms with Crippen LogP contribution in [0.2, 0.25) is 0 Å². The molecule has 0 spiro atoms. The molecule has 3 aromatic rings. The molecule has 1 aromatic carbocycles. The number of carbonyl (C=O) groups excluding carboxylic acids is 1. The van der Waals surface area contributed by atoms with Crippen molar-refractivity contribution < 1.29 is 4.79 Å². The zero-order valence-corrected chi connectivity index (χ0v) is 11.7. The van der Waals surface area contributed by atoms with Crippen molar-refractivity contribution in [2.75, 3.05) is 5.32 Å². The molecule has 0 atom stereocenters. The molecule has 0 aliphatic carbocycles. The van der Waals surface area contributed by atoms with Crippen LogP contribution in [0, 0.1) is 0 Å². The van der Waals surface area contributed by atoms with Crippen LogP contribution in [0.25, 0.3) is 10.9 Å². The van der Waals surface area contributed by atoms with Gasteiger partial charge in [0.2, 0.25) is 0 Å². The molecule has 0 radical (unpaired) electrons. The van der Waals surface area contributed by atoms with E-state index in [2.05, 4.69) is 36.2 Å². The summed E-state index contributed by atoms with van der Waals surface area (Å²) in [6, 6.07) is 7.40. The second kappa shape index (κ2) is 4.93. The molecule has 0 saturated heterocycles. The predicted octanol–water partition coefficient (Wildman–Crippen LogP) is 2.27. The molecule has 0 unspecified atom stereocenters. The van der Waals surface area contributed by atoms with E-state index in [1.54, 1.807) is 12.3 Å². The van der Waals surface area contributed by atoms with E-state index >= 15 is 0 Å². The minimum atomic E-state index is -0.421. The van der Waals surface area contributed by atoms with Gasteiger partial charge in [-0.3, -0.25) is 9.78 Å². The lowest BCUT2D eigenvalue weighted by Gasteiger charge is -2.07. The molecular formula is C13H9BrN4O2. The molecule has 2 aromatic heterocycles. The van der Waals surface area contributed by atoms with E-state index < -0.39 is 11.6 Å². The van der Waals surface area contributed by atoms with Crippen molar-refractivity contribution in [3.05, 3.63) is 57.3 Å². The molecule has 3 N–H and O–H groups in total. The first-order valence-electron chi connectivity index (χ1n) is 5.77. The molecule has 3 rings (SSSR count). The minimum Gasteiger partial charge on any atom is -0.319 e. The Morgan fingerprint density at radius 1 is 1.35 bits per heavy atom. The molecule has 2 heterocycles. The lowest BCUT2D eigenvalue weighted by Crippen LogP contribution is -2.14. The molecule has 7 heteroatoms. The average molecular weight is 333 g/mol. The second-order valence-electron chi connectivity index (χ2n) is 4.14. The average Bonchev–Trinajstić information content (AvgIpc) is 2.85. The lowest BCUT2D eigenvalue weighted by molar-refractivity contribution is 0.102. The van der Waals surface area contributed by atoms with Crippen LogP contribution in [-0.4, -0.2) is 20.9 Å². The Kier molecular flexibility index (Phi) is 3.11. The Hall–Kier alpha value is -2.41. The first-order valence-corrected chi connectivity index (χ1v) is 6.56. The number of benzene rings is 1. The maximum Gasteiger partial charge on any atom is 0.323 e. The fourth-order valence-corrected chi connectivity index (χ4v) is 2.23. The molecule has 100 valence electrons. The normalized spacial score (nSPS) is 10.7. The Morgan fingerprint density at radius 2 is 2.20 bits per heavy atom. The molecule has 0 fully saturated rings. The quantitative estimate of drug-likeness (QED) is 0.672. The molecule has 20 heavy (non-hydrogen) atoms. The summed E-state index contributed by atoms with van der Waals surface area (Å²) in [5.74, 6) is -0.402. The number of para-hydroxylation sites is 1. The van der Waals surface area contributed by atoms with E-state index in [-0.39, 0.29) is 5.69 Å². The molecule has 0 aliphatic rings. The highest BCUT2D eigenvalue weighted by Gasteiger charge is 2.10. The zero-order valence-electron chi connectivity index (χ0n) is 10.1. The number of nitrogens with one attached hydrogen (secondary N) is 3. The Morgan fingerprint density at radius 3 is 2.95 bits per heavy atom. The first kappa shape index (κ1) is 12.6. The van der Waals surface area contributed by atoms with Crippen molar-refractivity contribution in [3.8, 4) is 0 Å². The van der Waals surface area contributed by atoms with Crippen LogP contribution in [0.3, 0.4) is 0 Å². The largest absolute Gasteiger partial charge is 0.323 e. The topological polar surface area (TPSA) is 90.6 Å². The Bertz CT molecular complexity index is 853. The molecular weight excluding hydrogens is 324 g/mol. The summed E-state index contributed by atoms with van der Waals surface area (Å²) in [5, 5.41) is 3.63.